The zero-order chi connectivity index (χ0) is 25.4. The molecule has 4 aromatic rings. The van der Waals surface area contributed by atoms with Crippen molar-refractivity contribution in [2.24, 2.45) is 12.1 Å². The molecule has 35 heavy (non-hydrogen) atoms. The number of para-hydroxylation sites is 1. The van der Waals surface area contributed by atoms with Gasteiger partial charge in [0.1, 0.15) is 5.69 Å². The second-order valence-corrected chi connectivity index (χ2v) is 7.70. The van der Waals surface area contributed by atoms with Gasteiger partial charge in [-0.05, 0) is 36.4 Å². The number of rotatable bonds is 4. The summed E-state index contributed by atoms with van der Waals surface area (Å²) >= 11 is 0. The number of carbonyl (C=O) groups is 1. The highest BCUT2D eigenvalue weighted by Crippen LogP contribution is 2.31. The largest absolute Gasteiger partial charge is 0.416 e. The van der Waals surface area contributed by atoms with E-state index in [1.807, 2.05) is 12.1 Å². The number of alkyl halides is 6. The molecule has 0 saturated carbocycles. The summed E-state index contributed by atoms with van der Waals surface area (Å²) in [5, 5.41) is 4.82. The van der Waals surface area contributed by atoms with Crippen molar-refractivity contribution in [3.8, 4) is 0 Å². The molecule has 0 spiro atoms. The molecule has 0 unspecified atom stereocenters. The predicted molar refractivity (Wildman–Crippen MR) is 119 cm³/mol. The highest BCUT2D eigenvalue weighted by atomic mass is 19.4. The first kappa shape index (κ1) is 24.1. The quantitative estimate of drug-likeness (QED) is 0.201. The number of fused-ring (bicyclic) bond motifs is 1. The van der Waals surface area contributed by atoms with Gasteiger partial charge in [-0.15, -0.1) is 0 Å². The molecule has 1 heterocycles. The van der Waals surface area contributed by atoms with Crippen LogP contribution in [0, 0.1) is 0 Å². The summed E-state index contributed by atoms with van der Waals surface area (Å²) in [4.78, 5) is 12.8. The minimum absolute atomic E-state index is 0.0306. The number of amides is 1. The summed E-state index contributed by atoms with van der Waals surface area (Å²) in [5.74, 6) is -0.639. The number of nitrogens with one attached hydrogen (secondary N) is 1. The maximum absolute atomic E-state index is 13.3. The van der Waals surface area contributed by atoms with Gasteiger partial charge in [0.2, 0.25) is 0 Å². The molecule has 0 aliphatic rings. The topological polar surface area (TPSA) is 46.4 Å². The van der Waals surface area contributed by atoms with Crippen LogP contribution >= 0.6 is 0 Å². The molecule has 3 aromatic carbocycles. The minimum Gasteiger partial charge on any atom is -0.340 e. The standard InChI is InChI=1S/C25H17F6N3O/c1-34-20-8-3-2-5-16(20)14-21(34)23(35)33-32-22(15-9-11-18(12-10-15)24(26,27)28)17-6-4-7-19(13-17)25(29,30)31/h2-14H,1H3,(H,33,35)/b32-22-. The summed E-state index contributed by atoms with van der Waals surface area (Å²) in [6.45, 7) is 0. The van der Waals surface area contributed by atoms with E-state index in [1.165, 1.54) is 6.07 Å². The van der Waals surface area contributed by atoms with Gasteiger partial charge in [0.25, 0.3) is 5.91 Å². The Balaban J connectivity index is 1.75. The number of carbonyl (C=O) groups excluding carboxylic acids is 1. The Morgan fingerprint density at radius 2 is 1.43 bits per heavy atom. The molecule has 0 aliphatic heterocycles. The van der Waals surface area contributed by atoms with Crippen LogP contribution in [0.1, 0.15) is 32.7 Å². The van der Waals surface area contributed by atoms with Crippen molar-refractivity contribution in [1.29, 1.82) is 0 Å². The fourth-order valence-electron chi connectivity index (χ4n) is 3.63. The maximum Gasteiger partial charge on any atom is 0.416 e. The van der Waals surface area contributed by atoms with Gasteiger partial charge in [-0.3, -0.25) is 4.79 Å². The molecule has 0 fully saturated rings. The molecule has 0 bridgehead atoms. The van der Waals surface area contributed by atoms with Crippen molar-refractivity contribution in [2.75, 3.05) is 0 Å². The Bertz CT molecular complexity index is 1420. The van der Waals surface area contributed by atoms with Crippen LogP contribution in [0.25, 0.3) is 10.9 Å². The van der Waals surface area contributed by atoms with E-state index >= 15 is 0 Å². The second kappa shape index (κ2) is 8.94. The lowest BCUT2D eigenvalue weighted by molar-refractivity contribution is -0.138. The van der Waals surface area contributed by atoms with Crippen LogP contribution in [-0.2, 0) is 19.4 Å². The van der Waals surface area contributed by atoms with Crippen LogP contribution in [-0.4, -0.2) is 16.2 Å². The number of aromatic nitrogens is 1. The minimum atomic E-state index is -4.65. The Hall–Kier alpha value is -4.08. The van der Waals surface area contributed by atoms with Crippen molar-refractivity contribution in [1.82, 2.24) is 9.99 Å². The number of halogens is 6. The van der Waals surface area contributed by atoms with E-state index in [2.05, 4.69) is 10.5 Å². The van der Waals surface area contributed by atoms with Crippen molar-refractivity contribution < 1.29 is 31.1 Å². The lowest BCUT2D eigenvalue weighted by Crippen LogP contribution is -2.23. The van der Waals surface area contributed by atoms with E-state index in [9.17, 15) is 31.1 Å². The molecular formula is C25H17F6N3O. The van der Waals surface area contributed by atoms with E-state index in [4.69, 9.17) is 0 Å². The highest BCUT2D eigenvalue weighted by molar-refractivity contribution is 6.13. The van der Waals surface area contributed by atoms with Crippen molar-refractivity contribution in [3.05, 3.63) is 107 Å². The summed E-state index contributed by atoms with van der Waals surface area (Å²) in [6.07, 6.45) is -9.23. The monoisotopic (exact) mass is 489 g/mol. The Kier molecular flexibility index (Phi) is 6.14. The molecule has 4 nitrogen and oxygen atoms in total. The third-order valence-electron chi connectivity index (χ3n) is 5.40. The second-order valence-electron chi connectivity index (χ2n) is 7.70. The van der Waals surface area contributed by atoms with Crippen LogP contribution in [0.2, 0.25) is 0 Å². The van der Waals surface area contributed by atoms with Crippen LogP contribution in [0.15, 0.2) is 84.0 Å². The lowest BCUT2D eigenvalue weighted by Gasteiger charge is -2.13. The predicted octanol–water partition coefficient (Wildman–Crippen LogP) is 6.40. The van der Waals surface area contributed by atoms with Gasteiger partial charge in [0.15, 0.2) is 0 Å². The first-order valence-corrected chi connectivity index (χ1v) is 10.2. The Morgan fingerprint density at radius 1 is 0.771 bits per heavy atom. The van der Waals surface area contributed by atoms with Gasteiger partial charge in [-0.25, -0.2) is 5.43 Å². The summed E-state index contributed by atoms with van der Waals surface area (Å²) < 4.78 is 80.4. The van der Waals surface area contributed by atoms with E-state index < -0.39 is 29.4 Å². The first-order chi connectivity index (χ1) is 16.4. The molecule has 180 valence electrons. The highest BCUT2D eigenvalue weighted by Gasteiger charge is 2.32. The van der Waals surface area contributed by atoms with E-state index in [0.29, 0.717) is 0 Å². The van der Waals surface area contributed by atoms with Gasteiger partial charge in [0.05, 0.1) is 16.8 Å². The van der Waals surface area contributed by atoms with E-state index in [1.54, 1.807) is 29.8 Å². The smallest absolute Gasteiger partial charge is 0.340 e. The van der Waals surface area contributed by atoms with E-state index in [-0.39, 0.29) is 22.5 Å². The molecule has 0 radical (unpaired) electrons. The van der Waals surface area contributed by atoms with Gasteiger partial charge in [-0.1, -0.05) is 42.5 Å². The van der Waals surface area contributed by atoms with Crippen LogP contribution in [0.5, 0.6) is 0 Å². The van der Waals surface area contributed by atoms with Gasteiger partial charge >= 0.3 is 12.4 Å². The molecule has 0 atom stereocenters. The normalized spacial score (nSPS) is 12.7. The number of aryl methyl sites for hydroxylation is 1. The van der Waals surface area contributed by atoms with Crippen molar-refractivity contribution in [2.45, 2.75) is 12.4 Å². The van der Waals surface area contributed by atoms with Crippen molar-refractivity contribution >= 4 is 22.5 Å². The number of hydrogen-bond donors (Lipinski definition) is 1. The molecule has 1 N–H and O–H groups in total. The van der Waals surface area contributed by atoms with Gasteiger partial charge in [-0.2, -0.15) is 31.4 Å². The SMILES string of the molecule is Cn1c(C(=O)N/N=C(/c2ccc(C(F)(F)F)cc2)c2cccc(C(F)(F)F)c2)cc2ccccc21. The van der Waals surface area contributed by atoms with Crippen LogP contribution in [0.3, 0.4) is 0 Å². The maximum atomic E-state index is 13.3. The average molecular weight is 489 g/mol. The molecule has 0 saturated heterocycles. The third-order valence-corrected chi connectivity index (χ3v) is 5.40. The zero-order valence-corrected chi connectivity index (χ0v) is 18.1. The first-order valence-electron chi connectivity index (χ1n) is 10.2. The summed E-state index contributed by atoms with van der Waals surface area (Å²) in [7, 11) is 1.67. The molecule has 0 aliphatic carbocycles. The fourth-order valence-corrected chi connectivity index (χ4v) is 3.63. The number of hydrazone groups is 1. The fraction of sp³-hybridized carbons (Fsp3) is 0.120. The number of benzene rings is 3. The average Bonchev–Trinajstić information content (AvgIpc) is 3.15. The number of nitrogens with zero attached hydrogens (tertiary/aromatic N) is 2. The molecule has 1 amide bonds. The molecule has 4 rings (SSSR count). The zero-order valence-electron chi connectivity index (χ0n) is 18.1. The summed E-state index contributed by atoms with van der Waals surface area (Å²) in [6, 6.07) is 16.8. The van der Waals surface area contributed by atoms with E-state index in [0.717, 1.165) is 53.4 Å². The Morgan fingerprint density at radius 3 is 2.06 bits per heavy atom. The molecular weight excluding hydrogens is 472 g/mol. The van der Waals surface area contributed by atoms with Crippen LogP contribution < -0.4 is 5.43 Å². The van der Waals surface area contributed by atoms with Crippen molar-refractivity contribution in [3.63, 3.8) is 0 Å². The lowest BCUT2D eigenvalue weighted by atomic mass is 9.99. The molecule has 10 heteroatoms. The number of hydrogen-bond acceptors (Lipinski definition) is 2. The Labute approximate surface area is 195 Å². The van der Waals surface area contributed by atoms with Gasteiger partial charge in [0, 0.05) is 29.1 Å². The van der Waals surface area contributed by atoms with Crippen LogP contribution in [0.4, 0.5) is 26.3 Å². The third kappa shape index (κ3) is 5.06. The molecule has 1 aromatic heterocycles. The van der Waals surface area contributed by atoms with Gasteiger partial charge < -0.3 is 4.57 Å². The summed E-state index contributed by atoms with van der Waals surface area (Å²) in [5.41, 5.74) is 1.39.